The lowest BCUT2D eigenvalue weighted by molar-refractivity contribution is -0.143. The summed E-state index contributed by atoms with van der Waals surface area (Å²) in [6.45, 7) is 8.01. The van der Waals surface area contributed by atoms with Crippen LogP contribution in [-0.4, -0.2) is 44.8 Å². The third-order valence-electron chi connectivity index (χ3n) is 8.66. The van der Waals surface area contributed by atoms with Crippen LogP contribution in [0.25, 0.3) is 11.1 Å². The predicted molar refractivity (Wildman–Crippen MR) is 152 cm³/mol. The monoisotopic (exact) mass is 623 g/mol. The molecule has 2 fully saturated rings. The van der Waals surface area contributed by atoms with E-state index in [2.05, 4.69) is 15.1 Å². The highest BCUT2D eigenvalue weighted by Crippen LogP contribution is 2.42. The lowest BCUT2D eigenvalue weighted by Gasteiger charge is -2.36. The fourth-order valence-electron chi connectivity index (χ4n) is 6.45. The first kappa shape index (κ1) is 31.6. The van der Waals surface area contributed by atoms with Crippen LogP contribution < -0.4 is 4.90 Å². The Morgan fingerprint density at radius 2 is 1.64 bits per heavy atom. The Balaban J connectivity index is 1.53. The molecule has 1 saturated carbocycles. The van der Waals surface area contributed by atoms with E-state index >= 15 is 0 Å². The minimum atomic E-state index is -5.02. The zero-order chi connectivity index (χ0) is 32.0. The lowest BCUT2D eigenvalue weighted by Crippen LogP contribution is -2.39. The Labute approximate surface area is 251 Å². The maximum atomic E-state index is 13.6. The summed E-state index contributed by atoms with van der Waals surface area (Å²) in [6, 6.07) is 2.62. The molecule has 1 amide bonds. The zero-order valence-corrected chi connectivity index (χ0v) is 24.9. The van der Waals surface area contributed by atoms with Gasteiger partial charge in [0.1, 0.15) is 11.9 Å². The van der Waals surface area contributed by atoms with Gasteiger partial charge in [0.2, 0.25) is 0 Å². The van der Waals surface area contributed by atoms with Crippen LogP contribution in [0.15, 0.2) is 30.5 Å². The van der Waals surface area contributed by atoms with Crippen LogP contribution in [0.2, 0.25) is 0 Å². The van der Waals surface area contributed by atoms with E-state index in [0.717, 1.165) is 54.6 Å². The average Bonchev–Trinajstić information content (AvgIpc) is 3.45. The fraction of sp³-hybridized carbons (Fsp3) is 0.516. The molecule has 0 spiro atoms. The van der Waals surface area contributed by atoms with Gasteiger partial charge >= 0.3 is 18.4 Å². The summed E-state index contributed by atoms with van der Waals surface area (Å²) in [7, 11) is 0. The molecule has 1 saturated heterocycles. The first-order valence-electron chi connectivity index (χ1n) is 14.7. The average molecular weight is 624 g/mol. The van der Waals surface area contributed by atoms with E-state index in [0.29, 0.717) is 30.1 Å². The first-order valence-corrected chi connectivity index (χ1v) is 14.7. The maximum Gasteiger partial charge on any atom is 0.416 e. The molecule has 2 aromatic heterocycles. The van der Waals surface area contributed by atoms with Gasteiger partial charge in [-0.3, -0.25) is 10.00 Å². The van der Waals surface area contributed by atoms with E-state index in [-0.39, 0.29) is 24.2 Å². The number of alkyl halides is 6. The highest BCUT2D eigenvalue weighted by Gasteiger charge is 2.43. The zero-order valence-electron chi connectivity index (χ0n) is 24.9. The van der Waals surface area contributed by atoms with Gasteiger partial charge in [0.05, 0.1) is 29.4 Å². The van der Waals surface area contributed by atoms with Crippen molar-refractivity contribution >= 4 is 11.9 Å². The number of cyclic esters (lactones) is 1. The SMILES string of the molecule is CCN(c1ncc(-c2c(C)n[nH]c2C)cc1CN1C(=O)OC(c2cc(C(F)(F)F)cc(C(F)(F)F)c2)C1C)C1CCCCC1. The molecule has 5 rings (SSSR count). The predicted octanol–water partition coefficient (Wildman–Crippen LogP) is 8.37. The van der Waals surface area contributed by atoms with Crippen molar-refractivity contribution in [2.75, 3.05) is 11.4 Å². The molecule has 3 aromatic rings. The van der Waals surface area contributed by atoms with Gasteiger partial charge in [0, 0.05) is 41.2 Å². The van der Waals surface area contributed by atoms with Crippen LogP contribution in [0, 0.1) is 13.8 Å². The second kappa shape index (κ2) is 12.0. The van der Waals surface area contributed by atoms with Gasteiger partial charge in [-0.25, -0.2) is 9.78 Å². The summed E-state index contributed by atoms with van der Waals surface area (Å²) in [5.74, 6) is 0.684. The van der Waals surface area contributed by atoms with E-state index in [4.69, 9.17) is 9.72 Å². The molecule has 2 unspecified atom stereocenters. The standard InChI is InChI=1S/C31H35F6N5O2/c1-5-41(25-9-7-6-8-10-25)28-22(11-21(15-38-28)26-17(2)39-40-18(26)3)16-42-19(4)27(44-29(42)43)20-12-23(30(32,33)34)14-24(13-20)31(35,36)37/h11-15,19,25,27H,5-10,16H2,1-4H3,(H,39,40). The number of nitrogens with one attached hydrogen (secondary N) is 1. The molecule has 2 atom stereocenters. The first-order chi connectivity index (χ1) is 20.7. The number of anilines is 1. The molecule has 2 aliphatic rings. The highest BCUT2D eigenvalue weighted by atomic mass is 19.4. The van der Waals surface area contributed by atoms with Crippen LogP contribution >= 0.6 is 0 Å². The van der Waals surface area contributed by atoms with Crippen molar-refractivity contribution in [2.45, 2.75) is 96.9 Å². The Morgan fingerprint density at radius 3 is 2.18 bits per heavy atom. The molecule has 44 heavy (non-hydrogen) atoms. The molecule has 7 nitrogen and oxygen atoms in total. The number of halogens is 6. The van der Waals surface area contributed by atoms with Crippen molar-refractivity contribution in [3.8, 4) is 11.1 Å². The smallest absolute Gasteiger partial charge is 0.416 e. The number of amides is 1. The molecule has 238 valence electrons. The number of nitrogens with zero attached hydrogens (tertiary/aromatic N) is 4. The van der Waals surface area contributed by atoms with Gasteiger partial charge in [-0.15, -0.1) is 0 Å². The Morgan fingerprint density at radius 1 is 1.00 bits per heavy atom. The number of aromatic nitrogens is 3. The number of H-pyrrole nitrogens is 1. The Hall–Kier alpha value is -3.77. The number of hydrogen-bond donors (Lipinski definition) is 1. The number of ether oxygens (including phenoxy) is 1. The minimum absolute atomic E-state index is 0.00305. The molecule has 0 bridgehead atoms. The van der Waals surface area contributed by atoms with Crippen molar-refractivity contribution in [3.63, 3.8) is 0 Å². The van der Waals surface area contributed by atoms with E-state index < -0.39 is 41.7 Å². The van der Waals surface area contributed by atoms with Gasteiger partial charge in [0.25, 0.3) is 0 Å². The van der Waals surface area contributed by atoms with Gasteiger partial charge in [-0.05, 0) is 70.4 Å². The number of rotatable bonds is 7. The molecule has 0 radical (unpaired) electrons. The van der Waals surface area contributed by atoms with Crippen molar-refractivity contribution in [1.29, 1.82) is 0 Å². The summed E-state index contributed by atoms with van der Waals surface area (Å²) in [6.07, 6.45) is -5.10. The number of benzene rings is 1. The summed E-state index contributed by atoms with van der Waals surface area (Å²) in [5.41, 5.74) is 0.647. The van der Waals surface area contributed by atoms with Gasteiger partial charge in [-0.1, -0.05) is 19.3 Å². The van der Waals surface area contributed by atoms with Crippen LogP contribution in [-0.2, 0) is 23.6 Å². The molecular weight excluding hydrogens is 588 g/mol. The Kier molecular flexibility index (Phi) is 8.60. The number of hydrogen-bond acceptors (Lipinski definition) is 5. The van der Waals surface area contributed by atoms with E-state index in [1.54, 1.807) is 13.1 Å². The van der Waals surface area contributed by atoms with Crippen molar-refractivity contribution in [2.24, 2.45) is 0 Å². The van der Waals surface area contributed by atoms with E-state index in [1.165, 1.54) is 4.90 Å². The third-order valence-corrected chi connectivity index (χ3v) is 8.66. The number of aryl methyl sites for hydroxylation is 2. The molecule has 13 heteroatoms. The fourth-order valence-corrected chi connectivity index (χ4v) is 6.45. The quantitative estimate of drug-likeness (QED) is 0.268. The molecule has 3 heterocycles. The Bertz CT molecular complexity index is 1460. The number of carbonyl (C=O) groups is 1. The van der Waals surface area contributed by atoms with Crippen molar-refractivity contribution in [3.05, 3.63) is 64.1 Å². The van der Waals surface area contributed by atoms with Gasteiger partial charge in [0.15, 0.2) is 0 Å². The second-order valence-electron chi connectivity index (χ2n) is 11.6. The summed E-state index contributed by atoms with van der Waals surface area (Å²) >= 11 is 0. The molecule has 1 aliphatic heterocycles. The van der Waals surface area contributed by atoms with Crippen LogP contribution in [0.5, 0.6) is 0 Å². The van der Waals surface area contributed by atoms with Gasteiger partial charge < -0.3 is 9.64 Å². The summed E-state index contributed by atoms with van der Waals surface area (Å²) in [4.78, 5) is 21.6. The van der Waals surface area contributed by atoms with Gasteiger partial charge in [-0.2, -0.15) is 31.4 Å². The van der Waals surface area contributed by atoms with Crippen molar-refractivity contribution < 1.29 is 35.9 Å². The van der Waals surface area contributed by atoms with Crippen LogP contribution in [0.1, 0.15) is 85.7 Å². The minimum Gasteiger partial charge on any atom is -0.439 e. The number of carbonyl (C=O) groups excluding carboxylic acids is 1. The lowest BCUT2D eigenvalue weighted by atomic mass is 9.93. The third kappa shape index (κ3) is 6.23. The molecule has 1 aliphatic carbocycles. The topological polar surface area (TPSA) is 74.4 Å². The van der Waals surface area contributed by atoms with E-state index in [1.807, 2.05) is 26.8 Å². The summed E-state index contributed by atoms with van der Waals surface area (Å²) in [5, 5.41) is 7.24. The summed E-state index contributed by atoms with van der Waals surface area (Å²) < 4.78 is 86.9. The van der Waals surface area contributed by atoms with E-state index in [9.17, 15) is 31.1 Å². The number of aromatic amines is 1. The highest BCUT2D eigenvalue weighted by molar-refractivity contribution is 5.73. The molecule has 1 N–H and O–H groups in total. The maximum absolute atomic E-state index is 13.6. The van der Waals surface area contributed by atoms with Crippen LogP contribution in [0.3, 0.4) is 0 Å². The molecule has 1 aromatic carbocycles. The molecular formula is C31H35F6N5O2. The van der Waals surface area contributed by atoms with Crippen LogP contribution in [0.4, 0.5) is 37.0 Å². The van der Waals surface area contributed by atoms with Crippen molar-refractivity contribution in [1.82, 2.24) is 20.1 Å². The largest absolute Gasteiger partial charge is 0.439 e. The number of pyridine rings is 1. The normalized spacial score (nSPS) is 19.9. The second-order valence-corrected chi connectivity index (χ2v) is 11.6.